The van der Waals surface area contributed by atoms with Crippen LogP contribution in [0.3, 0.4) is 0 Å². The Bertz CT molecular complexity index is 1300. The Morgan fingerprint density at radius 2 is 1.61 bits per heavy atom. The van der Waals surface area contributed by atoms with Crippen LogP contribution in [0, 0.1) is 5.82 Å². The van der Waals surface area contributed by atoms with Gasteiger partial charge < -0.3 is 10.2 Å². The van der Waals surface area contributed by atoms with Crippen molar-refractivity contribution < 1.29 is 9.18 Å². The highest BCUT2D eigenvalue weighted by molar-refractivity contribution is 7.16. The van der Waals surface area contributed by atoms with E-state index in [1.807, 2.05) is 42.5 Å². The average Bonchev–Trinajstić information content (AvgIpc) is 3.32. The van der Waals surface area contributed by atoms with Crippen LogP contribution in [0.4, 0.5) is 15.1 Å². The van der Waals surface area contributed by atoms with E-state index >= 15 is 0 Å². The summed E-state index contributed by atoms with van der Waals surface area (Å²) in [7, 11) is 0. The van der Waals surface area contributed by atoms with Crippen LogP contribution in [0.25, 0.3) is 0 Å². The number of carbonyl (C=O) groups excluding carboxylic acids is 1. The third-order valence-corrected chi connectivity index (χ3v) is 7.89. The molecule has 5 rings (SSSR count). The Morgan fingerprint density at radius 3 is 2.28 bits per heavy atom. The molecule has 4 aromatic rings. The predicted octanol–water partition coefficient (Wildman–Crippen LogP) is 6.61. The SMILES string of the molecule is CCc1cc([C@@H](c2cccc(F)c2)N2CCN(c3ccccc3)CC2)c(NC(=O)c2ccccc2)s1. The van der Waals surface area contributed by atoms with Gasteiger partial charge in [0.25, 0.3) is 5.91 Å². The number of anilines is 2. The molecule has 0 unspecified atom stereocenters. The zero-order valence-corrected chi connectivity index (χ0v) is 21.2. The lowest BCUT2D eigenvalue weighted by molar-refractivity contribution is 0.102. The summed E-state index contributed by atoms with van der Waals surface area (Å²) in [6, 6.07) is 28.6. The summed E-state index contributed by atoms with van der Waals surface area (Å²) in [5.41, 5.74) is 3.77. The molecule has 1 aliphatic heterocycles. The number of halogens is 1. The fourth-order valence-electron chi connectivity index (χ4n) is 4.84. The number of nitrogens with one attached hydrogen (secondary N) is 1. The number of para-hydroxylation sites is 1. The van der Waals surface area contributed by atoms with Gasteiger partial charge >= 0.3 is 0 Å². The Kier molecular flexibility index (Phi) is 7.44. The lowest BCUT2D eigenvalue weighted by Crippen LogP contribution is -2.48. The fourth-order valence-corrected chi connectivity index (χ4v) is 5.86. The largest absolute Gasteiger partial charge is 0.369 e. The standard InChI is InChI=1S/C30H30FN3OS/c1-2-26-21-27(30(36-26)32-29(35)22-10-5-3-6-11-22)28(23-12-9-13-24(31)20-23)34-18-16-33(17-19-34)25-14-7-4-8-15-25/h3-15,20-21,28H,2,16-19H2,1H3,(H,32,35)/t28-/m1/s1. The molecule has 184 valence electrons. The van der Waals surface area contributed by atoms with E-state index in [2.05, 4.69) is 52.4 Å². The summed E-state index contributed by atoms with van der Waals surface area (Å²) in [6.45, 7) is 5.55. The molecule has 1 aliphatic rings. The summed E-state index contributed by atoms with van der Waals surface area (Å²) in [6.07, 6.45) is 0.872. The number of hydrogen-bond donors (Lipinski definition) is 1. The van der Waals surface area contributed by atoms with E-state index < -0.39 is 0 Å². The van der Waals surface area contributed by atoms with Crippen molar-refractivity contribution in [2.75, 3.05) is 36.4 Å². The highest BCUT2D eigenvalue weighted by Crippen LogP contribution is 2.40. The van der Waals surface area contributed by atoms with Crippen LogP contribution in [0.5, 0.6) is 0 Å². The van der Waals surface area contributed by atoms with Gasteiger partial charge in [-0.1, -0.05) is 55.5 Å². The Morgan fingerprint density at radius 1 is 0.917 bits per heavy atom. The first-order valence-electron chi connectivity index (χ1n) is 12.4. The van der Waals surface area contributed by atoms with Crippen LogP contribution >= 0.6 is 11.3 Å². The van der Waals surface area contributed by atoms with Gasteiger partial charge in [0, 0.05) is 47.9 Å². The van der Waals surface area contributed by atoms with E-state index in [1.54, 1.807) is 23.5 Å². The highest BCUT2D eigenvalue weighted by atomic mass is 32.1. The summed E-state index contributed by atoms with van der Waals surface area (Å²) in [5, 5.41) is 4.00. The number of benzene rings is 3. The van der Waals surface area contributed by atoms with Crippen LogP contribution in [0.15, 0.2) is 91.0 Å². The molecule has 1 fully saturated rings. The predicted molar refractivity (Wildman–Crippen MR) is 147 cm³/mol. The second-order valence-electron chi connectivity index (χ2n) is 8.99. The molecule has 36 heavy (non-hydrogen) atoms. The van der Waals surface area contributed by atoms with Gasteiger partial charge in [-0.25, -0.2) is 4.39 Å². The van der Waals surface area contributed by atoms with Gasteiger partial charge in [0.2, 0.25) is 0 Å². The quantitative estimate of drug-likeness (QED) is 0.311. The van der Waals surface area contributed by atoms with E-state index in [-0.39, 0.29) is 17.8 Å². The molecule has 6 heteroatoms. The minimum absolute atomic E-state index is 0.131. The number of rotatable bonds is 7. The number of carbonyl (C=O) groups is 1. The maximum absolute atomic E-state index is 14.4. The smallest absolute Gasteiger partial charge is 0.256 e. The number of nitrogens with zero attached hydrogens (tertiary/aromatic N) is 2. The average molecular weight is 500 g/mol. The van der Waals surface area contributed by atoms with Gasteiger partial charge in [-0.15, -0.1) is 11.3 Å². The molecule has 1 atom stereocenters. The van der Waals surface area contributed by atoms with Crippen molar-refractivity contribution in [2.24, 2.45) is 0 Å². The summed E-state index contributed by atoms with van der Waals surface area (Å²) >= 11 is 1.61. The van der Waals surface area contributed by atoms with Crippen LogP contribution in [0.2, 0.25) is 0 Å². The van der Waals surface area contributed by atoms with Crippen molar-refractivity contribution in [3.05, 3.63) is 118 Å². The van der Waals surface area contributed by atoms with Crippen molar-refractivity contribution >= 4 is 27.9 Å². The maximum Gasteiger partial charge on any atom is 0.256 e. The molecule has 4 nitrogen and oxygen atoms in total. The summed E-state index contributed by atoms with van der Waals surface area (Å²) < 4.78 is 14.4. The van der Waals surface area contributed by atoms with E-state index in [0.717, 1.165) is 48.7 Å². The molecule has 3 aromatic carbocycles. The maximum atomic E-state index is 14.4. The second kappa shape index (κ2) is 11.1. The van der Waals surface area contributed by atoms with Crippen molar-refractivity contribution in [1.29, 1.82) is 0 Å². The first kappa shape index (κ1) is 24.2. The van der Waals surface area contributed by atoms with Gasteiger partial charge in [-0.05, 0) is 54.4 Å². The fraction of sp³-hybridized carbons (Fsp3) is 0.233. The van der Waals surface area contributed by atoms with Gasteiger partial charge in [-0.3, -0.25) is 9.69 Å². The second-order valence-corrected chi connectivity index (χ2v) is 10.1. The molecule has 0 saturated carbocycles. The number of hydrogen-bond acceptors (Lipinski definition) is 4. The zero-order valence-electron chi connectivity index (χ0n) is 20.4. The molecule has 0 bridgehead atoms. The Balaban J connectivity index is 1.47. The molecule has 0 radical (unpaired) electrons. The number of aryl methyl sites for hydroxylation is 1. The van der Waals surface area contributed by atoms with E-state index in [0.29, 0.717) is 5.56 Å². The van der Waals surface area contributed by atoms with Gasteiger partial charge in [0.1, 0.15) is 10.8 Å². The van der Waals surface area contributed by atoms with Crippen molar-refractivity contribution in [3.8, 4) is 0 Å². The van der Waals surface area contributed by atoms with Gasteiger partial charge in [0.05, 0.1) is 6.04 Å². The molecular formula is C30H30FN3OS. The molecule has 2 heterocycles. The van der Waals surface area contributed by atoms with Crippen molar-refractivity contribution in [3.63, 3.8) is 0 Å². The lowest BCUT2D eigenvalue weighted by atomic mass is 9.97. The molecule has 0 aliphatic carbocycles. The van der Waals surface area contributed by atoms with Gasteiger partial charge in [0.15, 0.2) is 0 Å². The van der Waals surface area contributed by atoms with E-state index in [4.69, 9.17) is 0 Å². The summed E-state index contributed by atoms with van der Waals surface area (Å²) in [5.74, 6) is -0.380. The van der Waals surface area contributed by atoms with Crippen molar-refractivity contribution in [1.82, 2.24) is 4.90 Å². The molecule has 0 spiro atoms. The monoisotopic (exact) mass is 499 g/mol. The minimum atomic E-state index is -0.249. The molecule has 1 amide bonds. The molecule has 1 aromatic heterocycles. The van der Waals surface area contributed by atoms with Crippen molar-refractivity contribution in [2.45, 2.75) is 19.4 Å². The minimum Gasteiger partial charge on any atom is -0.369 e. The lowest BCUT2D eigenvalue weighted by Gasteiger charge is -2.40. The first-order chi connectivity index (χ1) is 17.6. The first-order valence-corrected chi connectivity index (χ1v) is 13.2. The van der Waals surface area contributed by atoms with Gasteiger partial charge in [-0.2, -0.15) is 0 Å². The Labute approximate surface area is 216 Å². The van der Waals surface area contributed by atoms with E-state index in [9.17, 15) is 9.18 Å². The van der Waals surface area contributed by atoms with Crippen LogP contribution in [0.1, 0.15) is 39.3 Å². The van der Waals surface area contributed by atoms with Crippen LogP contribution in [-0.4, -0.2) is 37.0 Å². The normalized spacial score (nSPS) is 15.0. The Hall–Kier alpha value is -3.48. The molecular weight excluding hydrogens is 469 g/mol. The third-order valence-electron chi connectivity index (χ3n) is 6.68. The summed E-state index contributed by atoms with van der Waals surface area (Å²) in [4.78, 5) is 19.1. The van der Waals surface area contributed by atoms with Crippen LogP contribution < -0.4 is 10.2 Å². The number of thiophene rings is 1. The topological polar surface area (TPSA) is 35.6 Å². The molecule has 1 saturated heterocycles. The zero-order chi connectivity index (χ0) is 24.9. The highest BCUT2D eigenvalue weighted by Gasteiger charge is 2.30. The molecule has 1 N–H and O–H groups in total. The van der Waals surface area contributed by atoms with E-state index in [1.165, 1.54) is 16.6 Å². The number of amides is 1. The van der Waals surface area contributed by atoms with Crippen LogP contribution in [-0.2, 0) is 6.42 Å². The third kappa shape index (κ3) is 5.35. The number of piperazine rings is 1.